The first kappa shape index (κ1) is 17.0. The van der Waals surface area contributed by atoms with E-state index in [-0.39, 0.29) is 13.2 Å². The second-order valence-electron chi connectivity index (χ2n) is 3.75. The molecule has 114 valence electrons. The van der Waals surface area contributed by atoms with Gasteiger partial charge in [-0.3, -0.25) is 0 Å². The van der Waals surface area contributed by atoms with Gasteiger partial charge in [0.2, 0.25) is 0 Å². The molecular weight excluding hydrogens is 303 g/mol. The highest BCUT2D eigenvalue weighted by Crippen LogP contribution is 2.39. The van der Waals surface area contributed by atoms with Gasteiger partial charge in [-0.25, -0.2) is 13.2 Å². The lowest BCUT2D eigenvalue weighted by Gasteiger charge is -2.30. The van der Waals surface area contributed by atoms with Gasteiger partial charge in [-0.15, -0.1) is 0 Å². The van der Waals surface area contributed by atoms with Crippen LogP contribution in [-0.2, 0) is 14.4 Å². The van der Waals surface area contributed by atoms with Crippen LogP contribution in [-0.4, -0.2) is 26.8 Å². The van der Waals surface area contributed by atoms with Crippen LogP contribution in [0.4, 0.5) is 22.0 Å². The van der Waals surface area contributed by atoms with Crippen LogP contribution in [0.3, 0.4) is 0 Å². The summed E-state index contributed by atoms with van der Waals surface area (Å²) in [5, 5.41) is 0. The van der Waals surface area contributed by atoms with Crippen molar-refractivity contribution < 1.29 is 35.6 Å². The van der Waals surface area contributed by atoms with E-state index < -0.39 is 37.4 Å². The monoisotopic (exact) mass is 316 g/mol. The van der Waals surface area contributed by atoms with Gasteiger partial charge < -0.3 is 13.6 Å². The zero-order chi connectivity index (χ0) is 15.6. The van der Waals surface area contributed by atoms with Gasteiger partial charge in [0.15, 0.2) is 17.5 Å². The molecule has 20 heavy (non-hydrogen) atoms. The summed E-state index contributed by atoms with van der Waals surface area (Å²) in [4.78, 5) is 9.84. The second-order valence-corrected chi connectivity index (χ2v) is 6.11. The van der Waals surface area contributed by atoms with Crippen molar-refractivity contribution in [2.24, 2.45) is 0 Å². The molecule has 1 N–H and O–H groups in total. The molecule has 0 radical (unpaired) electrons. The molecule has 3 nitrogen and oxygen atoms in total. The topological polar surface area (TPSA) is 38.7 Å². The third-order valence-electron chi connectivity index (χ3n) is 2.45. The van der Waals surface area contributed by atoms with Gasteiger partial charge in [0.1, 0.15) is 0 Å². The maximum absolute atomic E-state index is 14.2. The van der Waals surface area contributed by atoms with Gasteiger partial charge in [0, 0.05) is 13.2 Å². The van der Waals surface area contributed by atoms with Crippen LogP contribution in [0.5, 0.6) is 0 Å². The summed E-state index contributed by atoms with van der Waals surface area (Å²) < 4.78 is 76.8. The summed E-state index contributed by atoms with van der Waals surface area (Å²) in [7, 11) is -5.15. The highest BCUT2D eigenvalue weighted by Gasteiger charge is 2.64. The molecule has 1 rings (SSSR count). The summed E-state index contributed by atoms with van der Waals surface area (Å²) in [6.07, 6.45) is 0. The van der Waals surface area contributed by atoms with Gasteiger partial charge in [-0.05, 0) is 26.0 Å². The van der Waals surface area contributed by atoms with E-state index in [2.05, 4.69) is 8.85 Å². The Morgan fingerprint density at radius 2 is 1.55 bits per heavy atom. The fourth-order valence-electron chi connectivity index (χ4n) is 1.55. The quantitative estimate of drug-likeness (QED) is 0.498. The number of hydrogen-bond acceptors (Lipinski definition) is 3. The van der Waals surface area contributed by atoms with E-state index >= 15 is 0 Å². The fraction of sp³-hybridized carbons (Fsp3) is 0.455. The number of halogens is 5. The Morgan fingerprint density at radius 1 is 1.05 bits per heavy atom. The molecule has 0 bridgehead atoms. The van der Waals surface area contributed by atoms with Gasteiger partial charge >= 0.3 is 14.4 Å². The Kier molecular flexibility index (Phi) is 5.25. The summed E-state index contributed by atoms with van der Waals surface area (Å²) in [5.74, 6) is -5.74. The highest BCUT2D eigenvalue weighted by molar-refractivity contribution is 6.61. The van der Waals surface area contributed by atoms with E-state index in [0.29, 0.717) is 12.1 Å². The van der Waals surface area contributed by atoms with Crippen molar-refractivity contribution >= 4 is 8.80 Å². The summed E-state index contributed by atoms with van der Waals surface area (Å²) >= 11 is 0. The molecule has 0 aliphatic rings. The lowest BCUT2D eigenvalue weighted by Crippen LogP contribution is -2.57. The molecule has 0 aliphatic carbocycles. The largest absolute Gasteiger partial charge is 0.577 e. The zero-order valence-electron chi connectivity index (χ0n) is 10.7. The standard InChI is InChI=1S/C11H13F5O3Si/c1-3-18-20(17,19-4-2)11(15,16)7-5-6-8(12)10(14)9(7)13/h5-6,17H,3-4H2,1-2H3. The predicted molar refractivity (Wildman–Crippen MR) is 61.4 cm³/mol. The lowest BCUT2D eigenvalue weighted by molar-refractivity contribution is -0.0410. The average molecular weight is 316 g/mol. The molecule has 0 saturated carbocycles. The van der Waals surface area contributed by atoms with Crippen LogP contribution in [0, 0.1) is 17.5 Å². The molecule has 0 aliphatic heterocycles. The third-order valence-corrected chi connectivity index (χ3v) is 4.87. The molecule has 0 spiro atoms. The Balaban J connectivity index is 3.36. The average Bonchev–Trinajstić information content (AvgIpc) is 2.36. The first-order valence-electron chi connectivity index (χ1n) is 5.73. The third kappa shape index (κ3) is 2.85. The van der Waals surface area contributed by atoms with Gasteiger partial charge in [-0.1, -0.05) is 0 Å². The number of alkyl halides is 2. The Labute approximate surface area is 113 Å². The van der Waals surface area contributed by atoms with Crippen LogP contribution >= 0.6 is 0 Å². The van der Waals surface area contributed by atoms with E-state index in [1.54, 1.807) is 0 Å². The molecule has 0 amide bonds. The second kappa shape index (κ2) is 6.16. The Morgan fingerprint density at radius 3 is 2.00 bits per heavy atom. The van der Waals surface area contributed by atoms with Gasteiger partial charge in [0.05, 0.1) is 5.56 Å². The molecule has 0 atom stereocenters. The van der Waals surface area contributed by atoms with Crippen LogP contribution in [0.25, 0.3) is 0 Å². The minimum atomic E-state index is -5.15. The minimum absolute atomic E-state index is 0.316. The van der Waals surface area contributed by atoms with Crippen molar-refractivity contribution in [1.29, 1.82) is 0 Å². The molecule has 9 heteroatoms. The minimum Gasteiger partial charge on any atom is -0.386 e. The van der Waals surface area contributed by atoms with Crippen LogP contribution in [0.15, 0.2) is 12.1 Å². The van der Waals surface area contributed by atoms with Crippen molar-refractivity contribution in [3.8, 4) is 0 Å². The molecule has 1 aromatic carbocycles. The molecule has 0 aromatic heterocycles. The fourth-order valence-corrected chi connectivity index (χ4v) is 3.31. The maximum Gasteiger partial charge on any atom is 0.577 e. The SMILES string of the molecule is CCO[Si](O)(OCC)C(F)(F)c1ccc(F)c(F)c1F. The molecule has 0 unspecified atom stereocenters. The molecular formula is C11H13F5O3Si. The Hall–Kier alpha value is -1.03. The van der Waals surface area contributed by atoms with E-state index in [0.717, 1.165) is 0 Å². The van der Waals surface area contributed by atoms with Crippen molar-refractivity contribution in [1.82, 2.24) is 0 Å². The van der Waals surface area contributed by atoms with Crippen molar-refractivity contribution in [2.45, 2.75) is 19.4 Å². The van der Waals surface area contributed by atoms with Crippen LogP contribution in [0.1, 0.15) is 19.4 Å². The van der Waals surface area contributed by atoms with Crippen molar-refractivity contribution in [2.75, 3.05) is 13.2 Å². The molecule has 0 heterocycles. The van der Waals surface area contributed by atoms with Crippen molar-refractivity contribution in [3.63, 3.8) is 0 Å². The van der Waals surface area contributed by atoms with E-state index in [1.807, 2.05) is 0 Å². The number of rotatable bonds is 6. The molecule has 0 fully saturated rings. The van der Waals surface area contributed by atoms with Gasteiger partial charge in [-0.2, -0.15) is 8.78 Å². The van der Waals surface area contributed by atoms with Crippen LogP contribution in [0.2, 0.25) is 0 Å². The normalized spacial score (nSPS) is 12.8. The van der Waals surface area contributed by atoms with E-state index in [9.17, 15) is 26.7 Å². The summed E-state index contributed by atoms with van der Waals surface area (Å²) in [5.41, 5.74) is -5.81. The highest BCUT2D eigenvalue weighted by atomic mass is 28.4. The van der Waals surface area contributed by atoms with E-state index in [4.69, 9.17) is 0 Å². The van der Waals surface area contributed by atoms with Crippen LogP contribution < -0.4 is 0 Å². The number of benzene rings is 1. The van der Waals surface area contributed by atoms with Crippen molar-refractivity contribution in [3.05, 3.63) is 35.1 Å². The van der Waals surface area contributed by atoms with E-state index in [1.165, 1.54) is 13.8 Å². The smallest absolute Gasteiger partial charge is 0.386 e. The summed E-state index contributed by atoms with van der Waals surface area (Å²) in [6, 6.07) is 0.693. The zero-order valence-corrected chi connectivity index (χ0v) is 11.7. The maximum atomic E-state index is 14.2. The predicted octanol–water partition coefficient (Wildman–Crippen LogP) is 2.74. The lowest BCUT2D eigenvalue weighted by atomic mass is 10.2. The number of hydrogen-bond donors (Lipinski definition) is 1. The molecule has 0 saturated heterocycles. The molecule has 1 aromatic rings. The first-order chi connectivity index (χ1) is 9.21. The summed E-state index contributed by atoms with van der Waals surface area (Å²) in [6.45, 7) is 2.02. The first-order valence-corrected chi connectivity index (χ1v) is 7.49. The Bertz CT molecular complexity index is 477. The van der Waals surface area contributed by atoms with Gasteiger partial charge in [0.25, 0.3) is 0 Å².